The third-order valence-corrected chi connectivity index (χ3v) is 11.9. The minimum atomic E-state index is -4.41. The molecule has 6 aromatic rings. The summed E-state index contributed by atoms with van der Waals surface area (Å²) >= 11 is 0. The summed E-state index contributed by atoms with van der Waals surface area (Å²) in [5.41, 5.74) is 11.0. The predicted molar refractivity (Wildman–Crippen MR) is 250 cm³/mol. The first-order valence-corrected chi connectivity index (χ1v) is 20.8. The van der Waals surface area contributed by atoms with Gasteiger partial charge in [0, 0.05) is 75.6 Å². The first kappa shape index (κ1) is 49.4. The third-order valence-electron chi connectivity index (χ3n) is 11.9. The normalized spacial score (nSPS) is 16.8. The summed E-state index contributed by atoms with van der Waals surface area (Å²) in [5, 5.41) is 13.5. The number of aromatic nitrogens is 6. The van der Waals surface area contributed by atoms with E-state index in [-0.39, 0.29) is 56.7 Å². The number of aryl methyl sites for hydroxylation is 2. The molecule has 2 saturated heterocycles. The first-order valence-electron chi connectivity index (χ1n) is 20.8. The van der Waals surface area contributed by atoms with Gasteiger partial charge in [0.25, 0.3) is 0 Å². The molecule has 66 heavy (non-hydrogen) atoms. The molecular weight excluding hydrogens is 909 g/mol. The van der Waals surface area contributed by atoms with Gasteiger partial charge in [0.1, 0.15) is 11.4 Å². The predicted octanol–water partition coefficient (Wildman–Crippen LogP) is 7.65. The van der Waals surface area contributed by atoms with Crippen LogP contribution in [0.1, 0.15) is 65.1 Å². The van der Waals surface area contributed by atoms with Gasteiger partial charge in [0.2, 0.25) is 5.91 Å². The number of nitrogen functional groups attached to an aromatic ring is 1. The summed E-state index contributed by atoms with van der Waals surface area (Å²) < 4.78 is 77.6. The smallest absolute Gasteiger partial charge is 0.389 e. The third kappa shape index (κ3) is 10.8. The molecule has 3 N–H and O–H groups in total. The maximum absolute atomic E-state index is 13.5. The number of pyridine rings is 2. The van der Waals surface area contributed by atoms with Crippen molar-refractivity contribution in [3.05, 3.63) is 90.0 Å². The zero-order valence-electron chi connectivity index (χ0n) is 36.0. The van der Waals surface area contributed by atoms with Crippen molar-refractivity contribution in [1.82, 2.24) is 29.5 Å². The topological polar surface area (TPSA) is 160 Å². The van der Waals surface area contributed by atoms with E-state index in [0.717, 1.165) is 76.9 Å². The maximum atomic E-state index is 13.5. The summed E-state index contributed by atoms with van der Waals surface area (Å²) in [5.74, 6) is -0.455. The number of fused-ring (bicyclic) bond motifs is 10. The van der Waals surface area contributed by atoms with Crippen LogP contribution in [0.3, 0.4) is 0 Å². The number of anilines is 5. The molecule has 4 aliphatic rings. The summed E-state index contributed by atoms with van der Waals surface area (Å²) in [7, 11) is 3.74. The maximum Gasteiger partial charge on any atom is 0.389 e. The van der Waals surface area contributed by atoms with Crippen LogP contribution in [0, 0.1) is 0 Å². The van der Waals surface area contributed by atoms with Crippen molar-refractivity contribution in [2.24, 2.45) is 14.1 Å². The molecule has 4 aliphatic heterocycles. The Hall–Kier alpha value is -6.03. The first-order chi connectivity index (χ1) is 30.4. The Labute approximate surface area is 389 Å². The summed E-state index contributed by atoms with van der Waals surface area (Å²) in [6, 6.07) is 18.1. The number of nitrogens with two attached hydrogens (primary N) is 1. The molecule has 2 atom stereocenters. The average Bonchev–Trinajstić information content (AvgIpc) is 4.06. The van der Waals surface area contributed by atoms with Crippen LogP contribution in [-0.2, 0) is 25.3 Å². The van der Waals surface area contributed by atoms with Crippen molar-refractivity contribution in [1.29, 1.82) is 0 Å². The van der Waals surface area contributed by atoms with Crippen LogP contribution in [0.4, 0.5) is 55.0 Å². The number of carbonyl (C=O) groups is 3. The standard InChI is InChI=1S/C23H22F3N5O2.C13H14F3N3O.C8H9N3.2H2S/c1-29-18-4-2-3-14(16(18)12-27-29)11-21(33)31-15-8-10-30(13-15)19-6-5-17(28-22(19)31)20(32)7-9-23(24,25)26;14-13(15,16)5-3-11(20)9-1-2-10-12(18-9)17-8-4-6-19(10)7-8;1-11-8-4-2-3-7(9)6(8)5-10-11;;/h2-6,12,15H,7-11,13H2,1H3;1-2,8H,3-7H2,(H,17,18);2-5H,9H2,1H3;2*1H2/t15-;8-;;;/m00.../s1. The molecule has 1 amide bonds. The molecule has 22 heteroatoms. The van der Waals surface area contributed by atoms with Crippen molar-refractivity contribution < 1.29 is 40.7 Å². The van der Waals surface area contributed by atoms with Crippen LogP contribution in [0.2, 0.25) is 0 Å². The van der Waals surface area contributed by atoms with E-state index >= 15 is 0 Å². The van der Waals surface area contributed by atoms with Crippen molar-refractivity contribution in [3.63, 3.8) is 0 Å². The van der Waals surface area contributed by atoms with Gasteiger partial charge < -0.3 is 20.9 Å². The van der Waals surface area contributed by atoms with E-state index in [1.165, 1.54) is 12.1 Å². The van der Waals surface area contributed by atoms with E-state index in [1.807, 2.05) is 55.2 Å². The zero-order valence-corrected chi connectivity index (χ0v) is 38.0. The van der Waals surface area contributed by atoms with Gasteiger partial charge in [-0.25, -0.2) is 9.97 Å². The Balaban J connectivity index is 0.000000184. The Morgan fingerprint density at radius 2 is 1.27 bits per heavy atom. The number of carbonyl (C=O) groups excluding carboxylic acids is 3. The molecule has 4 bridgehead atoms. The number of rotatable bonds is 8. The quantitative estimate of drug-likeness (QED) is 0.0877. The molecular formula is C44H49F6N11O3S2. The molecule has 0 aliphatic carbocycles. The lowest BCUT2D eigenvalue weighted by Crippen LogP contribution is -2.47. The molecule has 2 fully saturated rings. The van der Waals surface area contributed by atoms with E-state index < -0.39 is 49.6 Å². The number of hydrogen-bond acceptors (Lipinski definition) is 11. The number of nitrogens with one attached hydrogen (secondary N) is 1. The lowest BCUT2D eigenvalue weighted by atomic mass is 10.0. The number of halogens is 6. The van der Waals surface area contributed by atoms with Gasteiger partial charge in [-0.2, -0.15) is 63.5 Å². The zero-order chi connectivity index (χ0) is 45.5. The Bertz CT molecular complexity index is 2740. The molecule has 4 aromatic heterocycles. The van der Waals surface area contributed by atoms with E-state index in [1.54, 1.807) is 34.1 Å². The number of Topliss-reactive ketones (excluding diaryl/α,β-unsaturated/α-hetero) is 2. The molecule has 10 rings (SSSR count). The van der Waals surface area contributed by atoms with E-state index in [0.29, 0.717) is 24.2 Å². The lowest BCUT2D eigenvalue weighted by Gasteiger charge is -2.36. The van der Waals surface area contributed by atoms with Crippen molar-refractivity contribution in [3.8, 4) is 0 Å². The van der Waals surface area contributed by atoms with Gasteiger partial charge in [-0.15, -0.1) is 0 Å². The van der Waals surface area contributed by atoms with Crippen molar-refractivity contribution in [2.75, 3.05) is 51.9 Å². The molecule has 8 heterocycles. The van der Waals surface area contributed by atoms with Crippen LogP contribution in [-0.4, -0.2) is 97.6 Å². The average molecular weight is 958 g/mol. The largest absolute Gasteiger partial charge is 0.398 e. The molecule has 0 unspecified atom stereocenters. The summed E-state index contributed by atoms with van der Waals surface area (Å²) in [4.78, 5) is 52.1. The van der Waals surface area contributed by atoms with Gasteiger partial charge in [0.05, 0.1) is 60.1 Å². The van der Waals surface area contributed by atoms with E-state index in [9.17, 15) is 40.7 Å². The highest BCUT2D eigenvalue weighted by Gasteiger charge is 2.41. The highest BCUT2D eigenvalue weighted by molar-refractivity contribution is 7.59. The second kappa shape index (κ2) is 19.8. The van der Waals surface area contributed by atoms with Gasteiger partial charge in [-0.1, -0.05) is 18.2 Å². The lowest BCUT2D eigenvalue weighted by molar-refractivity contribution is -0.134. The Kier molecular flexibility index (Phi) is 14.8. The van der Waals surface area contributed by atoms with Gasteiger partial charge in [0.15, 0.2) is 23.2 Å². The highest BCUT2D eigenvalue weighted by atomic mass is 32.1. The minimum absolute atomic E-state index is 0. The highest BCUT2D eigenvalue weighted by Crippen LogP contribution is 2.40. The van der Waals surface area contributed by atoms with Crippen molar-refractivity contribution >= 4 is 95.0 Å². The van der Waals surface area contributed by atoms with E-state index in [4.69, 9.17) is 5.73 Å². The fourth-order valence-electron chi connectivity index (χ4n) is 8.55. The minimum Gasteiger partial charge on any atom is -0.398 e. The molecule has 352 valence electrons. The van der Waals surface area contributed by atoms with Crippen molar-refractivity contribution in [2.45, 2.75) is 69.4 Å². The van der Waals surface area contributed by atoms with Gasteiger partial charge in [-0.05, 0) is 60.9 Å². The number of hydrogen-bond donors (Lipinski definition) is 2. The molecule has 0 radical (unpaired) electrons. The van der Waals surface area contributed by atoms with Gasteiger partial charge >= 0.3 is 12.4 Å². The Morgan fingerprint density at radius 3 is 1.91 bits per heavy atom. The van der Waals surface area contributed by atoms with Crippen LogP contribution in [0.25, 0.3) is 21.8 Å². The van der Waals surface area contributed by atoms with E-state index in [2.05, 4.69) is 35.3 Å². The SMILES string of the molecule is Cn1ncc2c(CC(=O)N3c4nc(C(=O)CCC(F)(F)F)ccc4N4CC[C@H]3C4)cccc21.Cn1ncc2c(N)cccc21.O=C(CCC(F)(F)F)c1ccc2c(n1)N[C@H]1CCN2C1.S.S. The molecule has 0 spiro atoms. The number of benzene rings is 2. The second-order valence-electron chi connectivity index (χ2n) is 16.3. The number of ketones is 2. The second-order valence-corrected chi connectivity index (χ2v) is 16.3. The fraction of sp³-hybridized carbons (Fsp3) is 0.386. The van der Waals surface area contributed by atoms with Crippen LogP contribution in [0.5, 0.6) is 0 Å². The van der Waals surface area contributed by atoms with Gasteiger partial charge in [-0.3, -0.25) is 28.6 Å². The number of nitrogens with zero attached hydrogens (tertiary/aromatic N) is 9. The Morgan fingerprint density at radius 1 is 0.712 bits per heavy atom. The molecule has 0 saturated carbocycles. The molecule has 14 nitrogen and oxygen atoms in total. The number of amides is 1. The van der Waals surface area contributed by atoms with Crippen LogP contribution >= 0.6 is 27.0 Å². The fourth-order valence-corrected chi connectivity index (χ4v) is 8.55. The summed E-state index contributed by atoms with van der Waals surface area (Å²) in [6.45, 7) is 3.27. The molecule has 2 aromatic carbocycles. The number of alkyl halides is 6. The summed E-state index contributed by atoms with van der Waals surface area (Å²) in [6.07, 6.45) is -6.83. The monoisotopic (exact) mass is 957 g/mol. The van der Waals surface area contributed by atoms with Crippen LogP contribution in [0.15, 0.2) is 73.1 Å². The van der Waals surface area contributed by atoms with Crippen LogP contribution < -0.4 is 25.8 Å².